The molecule has 2 aliphatic heterocycles. The molecule has 10 nitrogen and oxygen atoms in total. The van der Waals surface area contributed by atoms with Crippen molar-refractivity contribution in [1.29, 1.82) is 0 Å². The first-order valence-electron chi connectivity index (χ1n) is 9.13. The lowest BCUT2D eigenvalue weighted by atomic mass is 10.1. The maximum Gasteiger partial charge on any atom is 0.341 e. The predicted molar refractivity (Wildman–Crippen MR) is 111 cm³/mol. The average Bonchev–Trinajstić information content (AvgIpc) is 3.00. The van der Waals surface area contributed by atoms with Gasteiger partial charge < -0.3 is 24.2 Å². The fourth-order valence-corrected chi connectivity index (χ4v) is 4.04. The van der Waals surface area contributed by atoms with Gasteiger partial charge in [0.1, 0.15) is 6.54 Å². The van der Waals surface area contributed by atoms with Gasteiger partial charge in [-0.05, 0) is 35.5 Å². The molecule has 1 N–H and O–H groups in total. The van der Waals surface area contributed by atoms with E-state index in [2.05, 4.69) is 0 Å². The Morgan fingerprint density at radius 1 is 1.29 bits per heavy atom. The van der Waals surface area contributed by atoms with E-state index in [1.807, 2.05) is 0 Å². The molecule has 12 heteroatoms. The van der Waals surface area contributed by atoms with Gasteiger partial charge >= 0.3 is 5.97 Å². The molecular formula is C19H19ClN2O8S. The summed E-state index contributed by atoms with van der Waals surface area (Å²) in [4.78, 5) is 50.7. The van der Waals surface area contributed by atoms with Gasteiger partial charge in [-0.2, -0.15) is 0 Å². The SMILES string of the molecule is COc1cc(/C=C2/SC(=O)N(CC(=O)N3CCOCC3)C2=O)cc(Cl)c1OCC(=O)O. The molecule has 0 unspecified atom stereocenters. The molecule has 0 aromatic heterocycles. The smallest absolute Gasteiger partial charge is 0.341 e. The summed E-state index contributed by atoms with van der Waals surface area (Å²) in [5.74, 6) is -1.87. The Kier molecular flexibility index (Phi) is 7.42. The Morgan fingerprint density at radius 3 is 2.65 bits per heavy atom. The highest BCUT2D eigenvalue weighted by Crippen LogP contribution is 2.39. The van der Waals surface area contributed by atoms with Crippen LogP contribution in [0.5, 0.6) is 11.5 Å². The van der Waals surface area contributed by atoms with Gasteiger partial charge in [0, 0.05) is 13.1 Å². The summed E-state index contributed by atoms with van der Waals surface area (Å²) in [6.45, 7) is 0.725. The lowest BCUT2D eigenvalue weighted by Crippen LogP contribution is -2.46. The van der Waals surface area contributed by atoms with E-state index in [0.717, 1.165) is 4.90 Å². The number of methoxy groups -OCH3 is 1. The van der Waals surface area contributed by atoms with Crippen LogP contribution in [0.4, 0.5) is 4.79 Å². The molecule has 2 fully saturated rings. The number of hydrogen-bond donors (Lipinski definition) is 1. The second kappa shape index (κ2) is 10.0. The number of rotatable bonds is 7. The zero-order valence-corrected chi connectivity index (χ0v) is 18.0. The van der Waals surface area contributed by atoms with E-state index in [4.69, 9.17) is 30.9 Å². The third kappa shape index (κ3) is 5.49. The molecule has 0 radical (unpaired) electrons. The van der Waals surface area contributed by atoms with Crippen LogP contribution in [0.1, 0.15) is 5.56 Å². The van der Waals surface area contributed by atoms with Crippen molar-refractivity contribution < 1.29 is 38.5 Å². The van der Waals surface area contributed by atoms with Crippen LogP contribution < -0.4 is 9.47 Å². The first kappa shape index (κ1) is 22.9. The van der Waals surface area contributed by atoms with Crippen molar-refractivity contribution in [3.8, 4) is 11.5 Å². The minimum absolute atomic E-state index is 0.0490. The summed E-state index contributed by atoms with van der Waals surface area (Å²) in [6.07, 6.45) is 1.44. The number of halogens is 1. The number of nitrogens with zero attached hydrogens (tertiary/aromatic N) is 2. The highest BCUT2D eigenvalue weighted by Gasteiger charge is 2.37. The molecular weight excluding hydrogens is 452 g/mol. The molecule has 166 valence electrons. The van der Waals surface area contributed by atoms with Gasteiger partial charge in [-0.3, -0.25) is 19.3 Å². The van der Waals surface area contributed by atoms with E-state index in [-0.39, 0.29) is 33.9 Å². The van der Waals surface area contributed by atoms with Crippen LogP contribution in [0.25, 0.3) is 6.08 Å². The zero-order chi connectivity index (χ0) is 22.5. The summed E-state index contributed by atoms with van der Waals surface area (Å²) in [5, 5.41) is 8.30. The first-order chi connectivity index (χ1) is 14.8. The van der Waals surface area contributed by atoms with E-state index in [1.165, 1.54) is 25.3 Å². The monoisotopic (exact) mass is 470 g/mol. The maximum absolute atomic E-state index is 12.7. The number of imide groups is 1. The summed E-state index contributed by atoms with van der Waals surface area (Å²) in [7, 11) is 1.36. The number of carbonyl (C=O) groups excluding carboxylic acids is 3. The molecule has 31 heavy (non-hydrogen) atoms. The number of carbonyl (C=O) groups is 4. The molecule has 2 aliphatic rings. The fourth-order valence-electron chi connectivity index (χ4n) is 2.93. The number of aliphatic carboxylic acids is 1. The molecule has 0 saturated carbocycles. The molecule has 1 aromatic carbocycles. The highest BCUT2D eigenvalue weighted by molar-refractivity contribution is 8.18. The number of thioether (sulfide) groups is 1. The number of amides is 3. The van der Waals surface area contributed by atoms with Gasteiger partial charge in [-0.15, -0.1) is 0 Å². The van der Waals surface area contributed by atoms with Gasteiger partial charge in [0.15, 0.2) is 18.1 Å². The number of ether oxygens (including phenoxy) is 3. The summed E-state index contributed by atoms with van der Waals surface area (Å²) in [5.41, 5.74) is 0.439. The van der Waals surface area contributed by atoms with Gasteiger partial charge in [0.2, 0.25) is 5.91 Å². The fraction of sp³-hybridized carbons (Fsp3) is 0.368. The van der Waals surface area contributed by atoms with E-state index in [0.29, 0.717) is 43.6 Å². The maximum atomic E-state index is 12.7. The molecule has 0 bridgehead atoms. The van der Waals surface area contributed by atoms with E-state index in [1.54, 1.807) is 4.90 Å². The minimum atomic E-state index is -1.18. The Bertz CT molecular complexity index is 945. The summed E-state index contributed by atoms with van der Waals surface area (Å²) < 4.78 is 15.5. The van der Waals surface area contributed by atoms with Crippen LogP contribution in [-0.4, -0.2) is 84.5 Å². The first-order valence-corrected chi connectivity index (χ1v) is 10.3. The van der Waals surface area contributed by atoms with Crippen LogP contribution in [0.2, 0.25) is 5.02 Å². The third-order valence-corrected chi connectivity index (χ3v) is 5.61. The van der Waals surface area contributed by atoms with Crippen molar-refractivity contribution in [1.82, 2.24) is 9.80 Å². The number of hydrogen-bond acceptors (Lipinski definition) is 8. The molecule has 0 aliphatic carbocycles. The predicted octanol–water partition coefficient (Wildman–Crippen LogP) is 1.71. The molecule has 2 heterocycles. The number of carboxylic acids is 1. The number of carboxylic acid groups (broad SMARTS) is 1. The minimum Gasteiger partial charge on any atom is -0.493 e. The van der Waals surface area contributed by atoms with E-state index in [9.17, 15) is 19.2 Å². The number of benzene rings is 1. The molecule has 1 aromatic rings. The van der Waals surface area contributed by atoms with Crippen molar-refractivity contribution in [3.63, 3.8) is 0 Å². The van der Waals surface area contributed by atoms with E-state index >= 15 is 0 Å². The molecule has 3 rings (SSSR count). The van der Waals surface area contributed by atoms with Gasteiger partial charge in [0.05, 0.1) is 30.3 Å². The third-order valence-electron chi connectivity index (χ3n) is 4.42. The van der Waals surface area contributed by atoms with Crippen LogP contribution in [-0.2, 0) is 19.1 Å². The van der Waals surface area contributed by atoms with Gasteiger partial charge in [0.25, 0.3) is 11.1 Å². The molecule has 0 atom stereocenters. The van der Waals surface area contributed by atoms with Gasteiger partial charge in [-0.25, -0.2) is 4.79 Å². The summed E-state index contributed by atoms with van der Waals surface area (Å²) in [6, 6.07) is 2.95. The van der Waals surface area contributed by atoms with Gasteiger partial charge in [-0.1, -0.05) is 11.6 Å². The largest absolute Gasteiger partial charge is 0.493 e. The van der Waals surface area contributed by atoms with Crippen molar-refractivity contribution in [2.45, 2.75) is 0 Å². The second-order valence-electron chi connectivity index (χ2n) is 6.48. The highest BCUT2D eigenvalue weighted by atomic mass is 35.5. The Hall–Kier alpha value is -2.76. The van der Waals surface area contributed by atoms with Crippen LogP contribution >= 0.6 is 23.4 Å². The van der Waals surface area contributed by atoms with Crippen molar-refractivity contribution in [2.75, 3.05) is 46.6 Å². The molecule has 3 amide bonds. The quantitative estimate of drug-likeness (QED) is 0.593. The standard InChI is InChI=1S/C19H19ClN2O8S/c1-28-13-7-11(6-12(20)17(13)30-10-16(24)25)8-14-18(26)22(19(27)31-14)9-15(23)21-2-4-29-5-3-21/h6-8H,2-5,9-10H2,1H3,(H,24,25)/b14-8+. The van der Waals surface area contributed by atoms with Crippen molar-refractivity contribution in [2.24, 2.45) is 0 Å². The Morgan fingerprint density at radius 2 is 2.00 bits per heavy atom. The second-order valence-corrected chi connectivity index (χ2v) is 7.88. The normalized spacial score (nSPS) is 17.9. The van der Waals surface area contributed by atoms with Crippen LogP contribution in [0.3, 0.4) is 0 Å². The topological polar surface area (TPSA) is 123 Å². The van der Waals surface area contributed by atoms with Crippen molar-refractivity contribution in [3.05, 3.63) is 27.6 Å². The zero-order valence-electron chi connectivity index (χ0n) is 16.5. The lowest BCUT2D eigenvalue weighted by molar-refractivity contribution is -0.139. The van der Waals surface area contributed by atoms with Crippen LogP contribution in [0, 0.1) is 0 Å². The van der Waals surface area contributed by atoms with E-state index < -0.39 is 23.7 Å². The molecule has 0 spiro atoms. The summed E-state index contributed by atoms with van der Waals surface area (Å²) >= 11 is 6.89. The van der Waals surface area contributed by atoms with Crippen LogP contribution in [0.15, 0.2) is 17.0 Å². The molecule has 2 saturated heterocycles. The Balaban J connectivity index is 1.76. The number of morpholine rings is 1. The van der Waals surface area contributed by atoms with Crippen molar-refractivity contribution >= 4 is 52.5 Å². The Labute approximate surface area is 186 Å². The average molecular weight is 471 g/mol. The lowest BCUT2D eigenvalue weighted by Gasteiger charge is -2.28.